The Bertz CT molecular complexity index is 508. The van der Waals surface area contributed by atoms with Crippen LogP contribution in [0.15, 0.2) is 47.1 Å². The van der Waals surface area contributed by atoms with E-state index in [0.717, 1.165) is 5.56 Å². The van der Waals surface area contributed by atoms with Gasteiger partial charge in [-0.3, -0.25) is 4.79 Å². The Morgan fingerprint density at radius 1 is 1.29 bits per heavy atom. The van der Waals surface area contributed by atoms with Crippen LogP contribution in [0.1, 0.15) is 29.1 Å². The summed E-state index contributed by atoms with van der Waals surface area (Å²) in [6, 6.07) is 10.6. The Morgan fingerprint density at radius 3 is 2.71 bits per heavy atom. The molecule has 0 bridgehead atoms. The Morgan fingerprint density at radius 2 is 2.06 bits per heavy atom. The lowest BCUT2D eigenvalue weighted by Gasteiger charge is -2.14. The van der Waals surface area contributed by atoms with Crippen molar-refractivity contribution in [2.75, 3.05) is 0 Å². The van der Waals surface area contributed by atoms with Crippen LogP contribution in [0.3, 0.4) is 0 Å². The van der Waals surface area contributed by atoms with Crippen LogP contribution in [0.5, 0.6) is 0 Å². The number of rotatable bonds is 3. The van der Waals surface area contributed by atoms with Crippen molar-refractivity contribution in [2.45, 2.75) is 13.0 Å². The molecule has 0 aliphatic heterocycles. The van der Waals surface area contributed by atoms with Crippen molar-refractivity contribution in [1.82, 2.24) is 5.32 Å². The van der Waals surface area contributed by atoms with Crippen molar-refractivity contribution in [2.24, 2.45) is 0 Å². The minimum Gasteiger partial charge on any atom is -0.459 e. The van der Waals surface area contributed by atoms with Crippen molar-refractivity contribution >= 4 is 17.5 Å². The van der Waals surface area contributed by atoms with Crippen LogP contribution in [0.25, 0.3) is 0 Å². The largest absolute Gasteiger partial charge is 0.459 e. The zero-order valence-corrected chi connectivity index (χ0v) is 10.1. The molecule has 0 radical (unpaired) electrons. The highest BCUT2D eigenvalue weighted by molar-refractivity contribution is 6.31. The zero-order valence-electron chi connectivity index (χ0n) is 9.31. The quantitative estimate of drug-likeness (QED) is 0.906. The first-order chi connectivity index (χ1) is 8.18. The van der Waals surface area contributed by atoms with Crippen LogP contribution in [-0.2, 0) is 0 Å². The first-order valence-corrected chi connectivity index (χ1v) is 5.65. The second kappa shape index (κ2) is 5.06. The first kappa shape index (κ1) is 11.7. The van der Waals surface area contributed by atoms with E-state index < -0.39 is 0 Å². The fraction of sp³-hybridized carbons (Fsp3) is 0.154. The van der Waals surface area contributed by atoms with Crippen LogP contribution >= 0.6 is 11.6 Å². The molecule has 17 heavy (non-hydrogen) atoms. The molecule has 0 saturated carbocycles. The summed E-state index contributed by atoms with van der Waals surface area (Å²) in [5, 5.41) is 3.46. The van der Waals surface area contributed by atoms with Gasteiger partial charge in [0.05, 0.1) is 12.3 Å². The number of halogens is 1. The van der Waals surface area contributed by atoms with Gasteiger partial charge >= 0.3 is 0 Å². The van der Waals surface area contributed by atoms with E-state index in [-0.39, 0.29) is 11.9 Å². The molecule has 2 aromatic rings. The van der Waals surface area contributed by atoms with Crippen molar-refractivity contribution in [3.8, 4) is 0 Å². The Labute approximate surface area is 104 Å². The van der Waals surface area contributed by atoms with Crippen LogP contribution in [-0.4, -0.2) is 5.91 Å². The fourth-order valence-electron chi connectivity index (χ4n) is 1.58. The van der Waals surface area contributed by atoms with Crippen molar-refractivity contribution in [3.63, 3.8) is 0 Å². The van der Waals surface area contributed by atoms with E-state index in [4.69, 9.17) is 16.0 Å². The second-order valence-electron chi connectivity index (χ2n) is 3.69. The maximum absolute atomic E-state index is 11.8. The van der Waals surface area contributed by atoms with Gasteiger partial charge in [-0.2, -0.15) is 0 Å². The predicted octanol–water partition coefficient (Wildman–Crippen LogP) is 3.42. The molecule has 3 nitrogen and oxygen atoms in total. The average Bonchev–Trinajstić information content (AvgIpc) is 2.82. The van der Waals surface area contributed by atoms with E-state index in [9.17, 15) is 4.79 Å². The first-order valence-electron chi connectivity index (χ1n) is 5.27. The summed E-state index contributed by atoms with van der Waals surface area (Å²) < 4.78 is 5.02. The van der Waals surface area contributed by atoms with Gasteiger partial charge in [-0.25, -0.2) is 0 Å². The molecule has 1 unspecified atom stereocenters. The molecule has 0 aliphatic carbocycles. The predicted molar refractivity (Wildman–Crippen MR) is 66.0 cm³/mol. The van der Waals surface area contributed by atoms with Gasteiger partial charge in [0.15, 0.2) is 5.76 Å². The van der Waals surface area contributed by atoms with E-state index in [0.29, 0.717) is 10.8 Å². The van der Waals surface area contributed by atoms with Gasteiger partial charge in [0, 0.05) is 5.02 Å². The molecule has 1 N–H and O–H groups in total. The maximum atomic E-state index is 11.8. The van der Waals surface area contributed by atoms with Gasteiger partial charge in [-0.15, -0.1) is 0 Å². The molecular weight excluding hydrogens is 238 g/mol. The molecule has 1 amide bonds. The highest BCUT2D eigenvalue weighted by Crippen LogP contribution is 2.22. The summed E-state index contributed by atoms with van der Waals surface area (Å²) in [6.45, 7) is 1.88. The summed E-state index contributed by atoms with van der Waals surface area (Å²) in [5.74, 6) is 0.0475. The molecule has 1 atom stereocenters. The molecular formula is C13H12ClNO2. The number of hydrogen-bond acceptors (Lipinski definition) is 2. The molecule has 0 saturated heterocycles. The van der Waals surface area contributed by atoms with E-state index in [1.807, 2.05) is 25.1 Å². The van der Waals surface area contributed by atoms with E-state index in [2.05, 4.69) is 5.32 Å². The van der Waals surface area contributed by atoms with Crippen molar-refractivity contribution < 1.29 is 9.21 Å². The monoisotopic (exact) mass is 249 g/mol. The molecule has 0 aliphatic rings. The van der Waals surface area contributed by atoms with Crippen molar-refractivity contribution in [1.29, 1.82) is 0 Å². The lowest BCUT2D eigenvalue weighted by atomic mass is 10.1. The van der Waals surface area contributed by atoms with Crippen LogP contribution < -0.4 is 5.32 Å². The smallest absolute Gasteiger partial charge is 0.287 e. The summed E-state index contributed by atoms with van der Waals surface area (Å²) in [4.78, 5) is 11.8. The zero-order chi connectivity index (χ0) is 12.3. The van der Waals surface area contributed by atoms with E-state index in [1.165, 1.54) is 6.26 Å². The van der Waals surface area contributed by atoms with Gasteiger partial charge in [0.25, 0.3) is 5.91 Å². The van der Waals surface area contributed by atoms with Crippen LogP contribution in [0.2, 0.25) is 5.02 Å². The van der Waals surface area contributed by atoms with Gasteiger partial charge in [-0.05, 0) is 30.7 Å². The molecule has 2 rings (SSSR count). The number of carbonyl (C=O) groups is 1. The van der Waals surface area contributed by atoms with Crippen LogP contribution in [0, 0.1) is 0 Å². The summed E-state index contributed by atoms with van der Waals surface area (Å²) in [5.41, 5.74) is 0.883. The number of carbonyl (C=O) groups excluding carboxylic acids is 1. The Kier molecular flexibility index (Phi) is 3.49. The molecule has 4 heteroatoms. The topological polar surface area (TPSA) is 42.2 Å². The highest BCUT2D eigenvalue weighted by atomic mass is 35.5. The normalized spacial score (nSPS) is 12.1. The molecule has 88 valence electrons. The third kappa shape index (κ3) is 2.68. The van der Waals surface area contributed by atoms with Gasteiger partial charge in [0.2, 0.25) is 0 Å². The van der Waals surface area contributed by atoms with E-state index in [1.54, 1.807) is 18.2 Å². The average molecular weight is 250 g/mol. The SMILES string of the molecule is CC(NC(=O)c1ccco1)c1ccccc1Cl. The number of benzene rings is 1. The standard InChI is InChI=1S/C13H12ClNO2/c1-9(10-5-2-3-6-11(10)14)15-13(16)12-7-4-8-17-12/h2-9H,1H3,(H,15,16). The van der Waals surface area contributed by atoms with Crippen molar-refractivity contribution in [3.05, 3.63) is 59.0 Å². The molecule has 1 aromatic heterocycles. The minimum absolute atomic E-state index is 0.165. The third-order valence-corrected chi connectivity index (χ3v) is 2.81. The summed E-state index contributed by atoms with van der Waals surface area (Å²) in [7, 11) is 0. The van der Waals surface area contributed by atoms with E-state index >= 15 is 0 Å². The van der Waals surface area contributed by atoms with Gasteiger partial charge in [0.1, 0.15) is 0 Å². The second-order valence-corrected chi connectivity index (χ2v) is 4.10. The highest BCUT2D eigenvalue weighted by Gasteiger charge is 2.14. The number of amides is 1. The maximum Gasteiger partial charge on any atom is 0.287 e. The number of nitrogens with one attached hydrogen (secondary N) is 1. The molecule has 1 aromatic carbocycles. The Hall–Kier alpha value is -1.74. The summed E-state index contributed by atoms with van der Waals surface area (Å²) in [6.07, 6.45) is 1.47. The van der Waals surface area contributed by atoms with Crippen LogP contribution in [0.4, 0.5) is 0 Å². The molecule has 0 spiro atoms. The number of furan rings is 1. The number of hydrogen-bond donors (Lipinski definition) is 1. The minimum atomic E-state index is -0.248. The molecule has 1 heterocycles. The summed E-state index contributed by atoms with van der Waals surface area (Å²) >= 11 is 6.05. The van der Waals surface area contributed by atoms with Gasteiger partial charge in [-0.1, -0.05) is 29.8 Å². The lowest BCUT2D eigenvalue weighted by molar-refractivity contribution is 0.0912. The fourth-order valence-corrected chi connectivity index (χ4v) is 1.88. The van der Waals surface area contributed by atoms with Gasteiger partial charge < -0.3 is 9.73 Å². The lowest BCUT2D eigenvalue weighted by Crippen LogP contribution is -2.26. The Balaban J connectivity index is 2.10. The molecule has 0 fully saturated rings. The third-order valence-electron chi connectivity index (χ3n) is 2.46.